The molecule has 96 valence electrons. The van der Waals surface area contributed by atoms with Gasteiger partial charge < -0.3 is 10.1 Å². The first-order valence-electron chi connectivity index (χ1n) is 6.30. The molecule has 0 aliphatic carbocycles. The lowest BCUT2D eigenvalue weighted by molar-refractivity contribution is 0.510. The highest BCUT2D eigenvalue weighted by atomic mass is 16.5. The number of para-hydroxylation sites is 1. The van der Waals surface area contributed by atoms with E-state index in [0.717, 1.165) is 13.0 Å². The fourth-order valence-corrected chi connectivity index (χ4v) is 1.49. The number of nitriles is 1. The van der Waals surface area contributed by atoms with Crippen LogP contribution in [0.2, 0.25) is 0 Å². The Labute approximate surface area is 108 Å². The van der Waals surface area contributed by atoms with E-state index in [0.29, 0.717) is 5.75 Å². The minimum absolute atomic E-state index is 0.264. The van der Waals surface area contributed by atoms with E-state index < -0.39 is 0 Å². The zero-order valence-corrected chi connectivity index (χ0v) is 10.7. The maximum atomic E-state index is 8.60. The molecular formula is C14H19N3O. The second kappa shape index (κ2) is 9.06. The van der Waals surface area contributed by atoms with Crippen LogP contribution in [0.1, 0.15) is 32.6 Å². The highest BCUT2D eigenvalue weighted by Gasteiger charge is 2.01. The SMILES string of the molecule is CCCCCCN/C(=N/C#N)Oc1ccccc1. The van der Waals surface area contributed by atoms with Gasteiger partial charge in [0.05, 0.1) is 0 Å². The minimum atomic E-state index is 0.264. The number of ether oxygens (including phenoxy) is 1. The number of aliphatic imine (C=N–C) groups is 1. The van der Waals surface area contributed by atoms with Crippen molar-refractivity contribution in [1.82, 2.24) is 5.32 Å². The van der Waals surface area contributed by atoms with Gasteiger partial charge in [-0.25, -0.2) is 0 Å². The highest BCUT2D eigenvalue weighted by molar-refractivity contribution is 5.77. The zero-order chi connectivity index (χ0) is 13.1. The number of benzene rings is 1. The first kappa shape index (κ1) is 14.0. The molecule has 0 atom stereocenters. The van der Waals surface area contributed by atoms with E-state index in [2.05, 4.69) is 17.2 Å². The van der Waals surface area contributed by atoms with Gasteiger partial charge in [0, 0.05) is 6.54 Å². The number of hydrogen-bond acceptors (Lipinski definition) is 3. The van der Waals surface area contributed by atoms with E-state index in [1.54, 1.807) is 6.19 Å². The van der Waals surface area contributed by atoms with Crippen molar-refractivity contribution in [2.24, 2.45) is 4.99 Å². The Kier molecular flexibility index (Phi) is 7.07. The van der Waals surface area contributed by atoms with Gasteiger partial charge in [-0.2, -0.15) is 5.26 Å². The lowest BCUT2D eigenvalue weighted by Gasteiger charge is -2.09. The quantitative estimate of drug-likeness (QED) is 0.362. The standard InChI is InChI=1S/C14H19N3O/c1-2-3-4-8-11-16-14(17-12-15)18-13-9-6-5-7-10-13/h5-7,9-10H,2-4,8,11H2,1H3,(H,16,17). The van der Waals surface area contributed by atoms with Gasteiger partial charge in [-0.1, -0.05) is 44.4 Å². The Morgan fingerprint density at radius 2 is 2.06 bits per heavy atom. The first-order chi connectivity index (χ1) is 8.86. The largest absolute Gasteiger partial charge is 0.425 e. The number of rotatable bonds is 6. The normalized spacial score (nSPS) is 10.8. The van der Waals surface area contributed by atoms with Crippen LogP contribution in [0.25, 0.3) is 0 Å². The van der Waals surface area contributed by atoms with Crippen molar-refractivity contribution < 1.29 is 4.74 Å². The van der Waals surface area contributed by atoms with Crippen LogP contribution in [0.5, 0.6) is 5.75 Å². The summed E-state index contributed by atoms with van der Waals surface area (Å²) in [5, 5.41) is 11.6. The van der Waals surface area contributed by atoms with Crippen molar-refractivity contribution in [3.63, 3.8) is 0 Å². The van der Waals surface area contributed by atoms with Crippen molar-refractivity contribution in [1.29, 1.82) is 5.26 Å². The fourth-order valence-electron chi connectivity index (χ4n) is 1.49. The number of nitrogens with one attached hydrogen (secondary N) is 1. The zero-order valence-electron chi connectivity index (χ0n) is 10.7. The molecule has 0 heterocycles. The topological polar surface area (TPSA) is 57.4 Å². The predicted molar refractivity (Wildman–Crippen MR) is 72.3 cm³/mol. The smallest absolute Gasteiger partial charge is 0.305 e. The van der Waals surface area contributed by atoms with Crippen LogP contribution in [0.4, 0.5) is 0 Å². The molecule has 0 saturated heterocycles. The van der Waals surface area contributed by atoms with Crippen LogP contribution in [0.3, 0.4) is 0 Å². The molecule has 0 spiro atoms. The van der Waals surface area contributed by atoms with E-state index in [-0.39, 0.29) is 6.02 Å². The van der Waals surface area contributed by atoms with Gasteiger partial charge in [0.2, 0.25) is 6.19 Å². The Morgan fingerprint density at radius 1 is 1.28 bits per heavy atom. The summed E-state index contributed by atoms with van der Waals surface area (Å²) in [4.78, 5) is 3.63. The third kappa shape index (κ3) is 5.90. The molecule has 1 aromatic carbocycles. The summed E-state index contributed by atoms with van der Waals surface area (Å²) in [7, 11) is 0. The maximum absolute atomic E-state index is 8.60. The van der Waals surface area contributed by atoms with Crippen LogP contribution in [-0.4, -0.2) is 12.6 Å². The average molecular weight is 245 g/mol. The molecule has 18 heavy (non-hydrogen) atoms. The van der Waals surface area contributed by atoms with E-state index in [9.17, 15) is 0 Å². The van der Waals surface area contributed by atoms with Crippen LogP contribution in [-0.2, 0) is 0 Å². The Hall–Kier alpha value is -2.02. The van der Waals surface area contributed by atoms with Crippen molar-refractivity contribution in [3.8, 4) is 11.9 Å². The molecule has 0 amide bonds. The fraction of sp³-hybridized carbons (Fsp3) is 0.429. The number of unbranched alkanes of at least 4 members (excludes halogenated alkanes) is 3. The molecule has 0 aliphatic heterocycles. The Morgan fingerprint density at radius 3 is 2.72 bits per heavy atom. The second-order valence-electron chi connectivity index (χ2n) is 3.92. The maximum Gasteiger partial charge on any atom is 0.305 e. The minimum Gasteiger partial charge on any atom is -0.425 e. The van der Waals surface area contributed by atoms with Crippen LogP contribution in [0, 0.1) is 11.5 Å². The molecule has 0 unspecified atom stereocenters. The number of nitrogens with zero attached hydrogens (tertiary/aromatic N) is 2. The molecule has 0 radical (unpaired) electrons. The van der Waals surface area contributed by atoms with Gasteiger partial charge in [0.1, 0.15) is 5.75 Å². The number of hydrogen-bond donors (Lipinski definition) is 1. The monoisotopic (exact) mass is 245 g/mol. The van der Waals surface area contributed by atoms with Crippen LogP contribution < -0.4 is 10.1 Å². The summed E-state index contributed by atoms with van der Waals surface area (Å²) >= 11 is 0. The van der Waals surface area contributed by atoms with Gasteiger partial charge in [-0.3, -0.25) is 0 Å². The summed E-state index contributed by atoms with van der Waals surface area (Å²) in [6.45, 7) is 2.95. The molecule has 0 aliphatic rings. The highest BCUT2D eigenvalue weighted by Crippen LogP contribution is 2.08. The molecule has 1 rings (SSSR count). The summed E-state index contributed by atoms with van der Waals surface area (Å²) in [6.07, 6.45) is 6.40. The molecule has 1 aromatic rings. The summed E-state index contributed by atoms with van der Waals surface area (Å²) in [6, 6.07) is 9.57. The molecular weight excluding hydrogens is 226 g/mol. The second-order valence-corrected chi connectivity index (χ2v) is 3.92. The van der Waals surface area contributed by atoms with E-state index in [1.165, 1.54) is 19.3 Å². The van der Waals surface area contributed by atoms with Crippen molar-refractivity contribution in [2.75, 3.05) is 6.54 Å². The number of amidine groups is 1. The lowest BCUT2D eigenvalue weighted by Crippen LogP contribution is -2.29. The van der Waals surface area contributed by atoms with Crippen molar-refractivity contribution in [2.45, 2.75) is 32.6 Å². The summed E-state index contributed by atoms with van der Waals surface area (Å²) < 4.78 is 5.48. The van der Waals surface area contributed by atoms with Gasteiger partial charge in [-0.05, 0) is 18.6 Å². The van der Waals surface area contributed by atoms with Crippen molar-refractivity contribution >= 4 is 6.02 Å². The van der Waals surface area contributed by atoms with Crippen LogP contribution in [0.15, 0.2) is 35.3 Å². The Bertz CT molecular complexity index is 395. The van der Waals surface area contributed by atoms with E-state index in [4.69, 9.17) is 10.00 Å². The Balaban J connectivity index is 2.37. The molecule has 0 saturated carbocycles. The molecule has 0 aromatic heterocycles. The van der Waals surface area contributed by atoms with E-state index >= 15 is 0 Å². The third-order valence-corrected chi connectivity index (χ3v) is 2.42. The van der Waals surface area contributed by atoms with Crippen LogP contribution >= 0.6 is 0 Å². The molecule has 1 N–H and O–H groups in total. The summed E-state index contributed by atoms with van der Waals surface area (Å²) in [5.41, 5.74) is 0. The van der Waals surface area contributed by atoms with E-state index in [1.807, 2.05) is 30.3 Å². The molecule has 4 nitrogen and oxygen atoms in total. The van der Waals surface area contributed by atoms with Gasteiger partial charge in [0.25, 0.3) is 0 Å². The van der Waals surface area contributed by atoms with Gasteiger partial charge in [0.15, 0.2) is 0 Å². The predicted octanol–water partition coefficient (Wildman–Crippen LogP) is 3.07. The molecule has 4 heteroatoms. The van der Waals surface area contributed by atoms with Gasteiger partial charge in [-0.15, -0.1) is 4.99 Å². The van der Waals surface area contributed by atoms with Gasteiger partial charge >= 0.3 is 6.02 Å². The lowest BCUT2D eigenvalue weighted by atomic mass is 10.2. The molecule has 0 bridgehead atoms. The molecule has 0 fully saturated rings. The summed E-state index contributed by atoms with van der Waals surface area (Å²) in [5.74, 6) is 0.674. The first-order valence-corrected chi connectivity index (χ1v) is 6.30. The van der Waals surface area contributed by atoms with Crippen molar-refractivity contribution in [3.05, 3.63) is 30.3 Å². The third-order valence-electron chi connectivity index (χ3n) is 2.42. The average Bonchev–Trinajstić information content (AvgIpc) is 2.40.